The van der Waals surface area contributed by atoms with Gasteiger partial charge >= 0.3 is 0 Å². The van der Waals surface area contributed by atoms with E-state index in [-0.39, 0.29) is 11.8 Å². The molecule has 2 N–H and O–H groups in total. The molecule has 5 heteroatoms. The van der Waals surface area contributed by atoms with Gasteiger partial charge in [0.1, 0.15) is 0 Å². The molecule has 0 amide bonds. The average Bonchev–Trinajstić information content (AvgIpc) is 2.02. The largest absolute Gasteiger partial charge is 0.326 e. The lowest BCUT2D eigenvalue weighted by Gasteiger charge is -2.33. The number of piperidine rings is 1. The van der Waals surface area contributed by atoms with Crippen molar-refractivity contribution in [1.82, 2.24) is 4.31 Å². The van der Waals surface area contributed by atoms with Gasteiger partial charge in [-0.25, -0.2) is 8.42 Å². The Kier molecular flexibility index (Phi) is 3.69. The molecule has 2 unspecified atom stereocenters. The zero-order valence-electron chi connectivity index (χ0n) is 8.52. The molecule has 0 aromatic heterocycles. The first-order chi connectivity index (χ1) is 6.45. The van der Waals surface area contributed by atoms with E-state index in [0.29, 0.717) is 19.0 Å². The number of hydrogen-bond acceptors (Lipinski definition) is 3. The second-order valence-electron chi connectivity index (χ2n) is 3.99. The van der Waals surface area contributed by atoms with Crippen LogP contribution in [0.2, 0.25) is 0 Å². The Hall–Kier alpha value is -0.390. The highest BCUT2D eigenvalue weighted by Crippen LogP contribution is 2.18. The fraction of sp³-hybridized carbons (Fsp3) is 0.778. The van der Waals surface area contributed by atoms with Crippen molar-refractivity contribution in [2.75, 3.05) is 18.8 Å². The fourth-order valence-electron chi connectivity index (χ4n) is 1.83. The van der Waals surface area contributed by atoms with Gasteiger partial charge < -0.3 is 5.73 Å². The van der Waals surface area contributed by atoms with Gasteiger partial charge in [-0.15, -0.1) is 6.58 Å². The van der Waals surface area contributed by atoms with Crippen LogP contribution in [-0.4, -0.2) is 37.6 Å². The van der Waals surface area contributed by atoms with Crippen LogP contribution in [0.1, 0.15) is 13.3 Å². The molecule has 0 aromatic carbocycles. The molecular weight excluding hydrogens is 200 g/mol. The fourth-order valence-corrected chi connectivity index (χ4v) is 3.24. The van der Waals surface area contributed by atoms with Crippen molar-refractivity contribution in [3.63, 3.8) is 0 Å². The minimum atomic E-state index is -3.16. The molecule has 1 aliphatic heterocycles. The Morgan fingerprint density at radius 1 is 1.57 bits per heavy atom. The van der Waals surface area contributed by atoms with E-state index in [4.69, 9.17) is 5.73 Å². The van der Waals surface area contributed by atoms with Crippen molar-refractivity contribution < 1.29 is 8.42 Å². The van der Waals surface area contributed by atoms with Gasteiger partial charge in [0.15, 0.2) is 0 Å². The molecule has 2 atom stereocenters. The maximum atomic E-state index is 11.7. The molecule has 1 rings (SSSR count). The Bertz CT molecular complexity index is 290. The molecule has 4 nitrogen and oxygen atoms in total. The van der Waals surface area contributed by atoms with Crippen LogP contribution in [0, 0.1) is 5.92 Å². The van der Waals surface area contributed by atoms with Crippen molar-refractivity contribution in [3.05, 3.63) is 12.7 Å². The normalized spacial score (nSPS) is 30.1. The Morgan fingerprint density at radius 3 is 2.71 bits per heavy atom. The van der Waals surface area contributed by atoms with Crippen LogP contribution in [0.3, 0.4) is 0 Å². The zero-order valence-corrected chi connectivity index (χ0v) is 9.33. The van der Waals surface area contributed by atoms with E-state index in [1.807, 2.05) is 6.92 Å². The topological polar surface area (TPSA) is 63.4 Å². The van der Waals surface area contributed by atoms with Crippen LogP contribution in [0.4, 0.5) is 0 Å². The second kappa shape index (κ2) is 4.42. The first kappa shape index (κ1) is 11.7. The van der Waals surface area contributed by atoms with Gasteiger partial charge in [0.25, 0.3) is 0 Å². The number of nitrogens with zero attached hydrogens (tertiary/aromatic N) is 1. The van der Waals surface area contributed by atoms with E-state index in [0.717, 1.165) is 6.42 Å². The molecule has 14 heavy (non-hydrogen) atoms. The average molecular weight is 218 g/mol. The monoisotopic (exact) mass is 218 g/mol. The Balaban J connectivity index is 2.72. The van der Waals surface area contributed by atoms with Crippen LogP contribution in [0.5, 0.6) is 0 Å². The summed E-state index contributed by atoms with van der Waals surface area (Å²) >= 11 is 0. The zero-order chi connectivity index (χ0) is 10.8. The van der Waals surface area contributed by atoms with E-state index in [1.54, 1.807) is 0 Å². The first-order valence-corrected chi connectivity index (χ1v) is 6.41. The summed E-state index contributed by atoms with van der Waals surface area (Å²) in [6, 6.07) is -0.0293. The van der Waals surface area contributed by atoms with Gasteiger partial charge in [-0.1, -0.05) is 13.0 Å². The third-order valence-corrected chi connectivity index (χ3v) is 4.12. The van der Waals surface area contributed by atoms with Crippen LogP contribution in [0.25, 0.3) is 0 Å². The molecule has 0 spiro atoms. The lowest BCUT2D eigenvalue weighted by Crippen LogP contribution is -2.49. The Morgan fingerprint density at radius 2 is 2.21 bits per heavy atom. The molecule has 0 bridgehead atoms. The van der Waals surface area contributed by atoms with Crippen molar-refractivity contribution in [3.8, 4) is 0 Å². The third-order valence-electron chi connectivity index (χ3n) is 2.38. The molecule has 0 aliphatic carbocycles. The van der Waals surface area contributed by atoms with Crippen molar-refractivity contribution in [1.29, 1.82) is 0 Å². The second-order valence-corrected chi connectivity index (χ2v) is 6.00. The highest BCUT2D eigenvalue weighted by molar-refractivity contribution is 7.89. The van der Waals surface area contributed by atoms with Crippen molar-refractivity contribution >= 4 is 10.0 Å². The van der Waals surface area contributed by atoms with E-state index in [1.165, 1.54) is 10.4 Å². The standard InChI is InChI=1S/C9H18N2O2S/c1-3-4-14(12,13)11-6-8(2)5-9(10)7-11/h3,8-9H,1,4-7,10H2,2H3. The predicted octanol–water partition coefficient (Wildman–Crippen LogP) is 0.171. The smallest absolute Gasteiger partial charge is 0.217 e. The summed E-state index contributed by atoms with van der Waals surface area (Å²) in [5, 5.41) is 0. The summed E-state index contributed by atoms with van der Waals surface area (Å²) in [6.07, 6.45) is 2.32. The van der Waals surface area contributed by atoms with E-state index in [2.05, 4.69) is 6.58 Å². The first-order valence-electron chi connectivity index (χ1n) is 4.80. The molecule has 1 aliphatic rings. The lowest BCUT2D eigenvalue weighted by atomic mass is 9.99. The molecule has 1 saturated heterocycles. The van der Waals surface area contributed by atoms with Gasteiger partial charge in [0, 0.05) is 19.1 Å². The minimum Gasteiger partial charge on any atom is -0.326 e. The van der Waals surface area contributed by atoms with Gasteiger partial charge in [-0.05, 0) is 12.3 Å². The molecule has 1 fully saturated rings. The summed E-state index contributed by atoms with van der Waals surface area (Å²) in [4.78, 5) is 0. The van der Waals surface area contributed by atoms with Gasteiger partial charge in [0.2, 0.25) is 10.0 Å². The lowest BCUT2D eigenvalue weighted by molar-refractivity contribution is 0.255. The molecule has 1 heterocycles. The summed E-state index contributed by atoms with van der Waals surface area (Å²) in [5.74, 6) is 0.352. The summed E-state index contributed by atoms with van der Waals surface area (Å²) in [6.45, 7) is 6.50. The van der Waals surface area contributed by atoms with Crippen LogP contribution in [0.15, 0.2) is 12.7 Å². The minimum absolute atomic E-state index is 0.00639. The molecule has 82 valence electrons. The van der Waals surface area contributed by atoms with E-state index in [9.17, 15) is 8.42 Å². The van der Waals surface area contributed by atoms with Crippen molar-refractivity contribution in [2.24, 2.45) is 11.7 Å². The molecule has 0 aromatic rings. The quantitative estimate of drug-likeness (QED) is 0.687. The highest BCUT2D eigenvalue weighted by atomic mass is 32.2. The number of hydrogen-bond donors (Lipinski definition) is 1. The summed E-state index contributed by atoms with van der Waals surface area (Å²) < 4.78 is 24.8. The maximum Gasteiger partial charge on any atom is 0.217 e. The van der Waals surface area contributed by atoms with Crippen LogP contribution >= 0.6 is 0 Å². The molecular formula is C9H18N2O2S. The Labute approximate surface area is 85.8 Å². The van der Waals surface area contributed by atoms with E-state index < -0.39 is 10.0 Å². The number of rotatable bonds is 3. The van der Waals surface area contributed by atoms with Gasteiger partial charge in [0.05, 0.1) is 5.75 Å². The molecule has 0 saturated carbocycles. The number of sulfonamides is 1. The van der Waals surface area contributed by atoms with Crippen molar-refractivity contribution in [2.45, 2.75) is 19.4 Å². The third kappa shape index (κ3) is 2.80. The molecule has 0 radical (unpaired) electrons. The summed E-state index contributed by atoms with van der Waals surface area (Å²) in [7, 11) is -3.16. The van der Waals surface area contributed by atoms with Gasteiger partial charge in [-0.2, -0.15) is 4.31 Å². The number of nitrogens with two attached hydrogens (primary N) is 1. The SMILES string of the molecule is C=CCS(=O)(=O)N1CC(C)CC(N)C1. The van der Waals surface area contributed by atoms with Crippen LogP contribution in [-0.2, 0) is 10.0 Å². The van der Waals surface area contributed by atoms with Crippen LogP contribution < -0.4 is 5.73 Å². The van der Waals surface area contributed by atoms with E-state index >= 15 is 0 Å². The summed E-state index contributed by atoms with van der Waals surface area (Å²) in [5.41, 5.74) is 5.78. The predicted molar refractivity (Wildman–Crippen MR) is 57.3 cm³/mol. The van der Waals surface area contributed by atoms with Gasteiger partial charge in [-0.3, -0.25) is 0 Å². The maximum absolute atomic E-state index is 11.7. The highest BCUT2D eigenvalue weighted by Gasteiger charge is 2.29.